The van der Waals surface area contributed by atoms with Gasteiger partial charge in [0.25, 0.3) is 0 Å². The minimum absolute atomic E-state index is 0.0701. The summed E-state index contributed by atoms with van der Waals surface area (Å²) in [6.45, 7) is 5.89. The van der Waals surface area contributed by atoms with Gasteiger partial charge < -0.3 is 10.1 Å². The third-order valence-electron chi connectivity index (χ3n) is 5.46. The molecule has 0 aliphatic carbocycles. The third kappa shape index (κ3) is 3.69. The van der Waals surface area contributed by atoms with Gasteiger partial charge in [-0.25, -0.2) is 8.91 Å². The number of rotatable bonds is 4. The monoisotopic (exact) mass is 418 g/mol. The number of nitrogens with one attached hydrogen (secondary N) is 1. The lowest BCUT2D eigenvalue weighted by atomic mass is 9.92. The van der Waals surface area contributed by atoms with E-state index < -0.39 is 17.7 Å². The van der Waals surface area contributed by atoms with Crippen LogP contribution in [0, 0.1) is 6.92 Å². The minimum atomic E-state index is -4.39. The zero-order chi connectivity index (χ0) is 20.1. The molecule has 5 nitrogen and oxygen atoms in total. The number of hydrogen-bond donors (Lipinski definition) is 1. The number of aryl methyl sites for hydroxylation is 1. The quantitative estimate of drug-likeness (QED) is 0.603. The Labute approximate surface area is 164 Å². The molecular formula is C18H22F4N4OS. The highest BCUT2D eigenvalue weighted by molar-refractivity contribution is 8.00. The van der Waals surface area contributed by atoms with Crippen molar-refractivity contribution in [1.82, 2.24) is 14.5 Å². The first-order chi connectivity index (χ1) is 13.2. The molecule has 2 aliphatic rings. The number of fused-ring (bicyclic) bond motifs is 1. The molecule has 2 aliphatic heterocycles. The second-order valence-corrected chi connectivity index (χ2v) is 8.74. The van der Waals surface area contributed by atoms with Crippen LogP contribution in [0.1, 0.15) is 19.0 Å². The molecule has 0 amide bonds. The molecular weight excluding hydrogens is 396 g/mol. The van der Waals surface area contributed by atoms with E-state index >= 15 is 0 Å². The molecule has 1 N–H and O–H groups in total. The van der Waals surface area contributed by atoms with Crippen LogP contribution < -0.4 is 5.32 Å². The van der Waals surface area contributed by atoms with Crippen LogP contribution in [0.2, 0.25) is 0 Å². The molecule has 0 saturated carbocycles. The van der Waals surface area contributed by atoms with Gasteiger partial charge in [0.1, 0.15) is 12.0 Å². The molecule has 4 heterocycles. The fourth-order valence-electron chi connectivity index (χ4n) is 3.84. The van der Waals surface area contributed by atoms with Crippen LogP contribution >= 0.6 is 11.8 Å². The number of pyridine rings is 1. The largest absolute Gasteiger partial charge is 0.446 e. The molecule has 28 heavy (non-hydrogen) atoms. The number of ether oxygens (including phenoxy) is 1. The molecule has 0 radical (unpaired) electrons. The number of alkyl halides is 4. The molecule has 0 spiro atoms. The molecule has 2 fully saturated rings. The Morgan fingerprint density at radius 1 is 1.32 bits per heavy atom. The van der Waals surface area contributed by atoms with E-state index in [0.717, 1.165) is 6.54 Å². The van der Waals surface area contributed by atoms with E-state index in [1.54, 1.807) is 25.1 Å². The number of aromatic nitrogens is 2. The van der Waals surface area contributed by atoms with Gasteiger partial charge >= 0.3 is 5.51 Å². The van der Waals surface area contributed by atoms with Crippen molar-refractivity contribution in [2.75, 3.05) is 31.6 Å². The van der Waals surface area contributed by atoms with E-state index in [4.69, 9.17) is 4.74 Å². The van der Waals surface area contributed by atoms with Crippen LogP contribution in [0.4, 0.5) is 23.4 Å². The molecule has 2 saturated heterocycles. The number of halogens is 4. The standard InChI is InChI=1S/C18H22F4N4OS/c1-11-16(28-18(20,21)22)14-4-3-5-15(26(14)24-11)23-13-6-7-25(8-12(13)19)17(2)9-27-10-17/h3-5,12-13,23H,6-10H2,1-2H3. The summed E-state index contributed by atoms with van der Waals surface area (Å²) in [5, 5.41) is 7.41. The fourth-order valence-corrected chi connectivity index (χ4v) is 4.52. The molecule has 2 atom stereocenters. The van der Waals surface area contributed by atoms with Crippen molar-refractivity contribution in [3.63, 3.8) is 0 Å². The highest BCUT2D eigenvalue weighted by atomic mass is 32.2. The number of nitrogens with zero attached hydrogens (tertiary/aromatic N) is 3. The van der Waals surface area contributed by atoms with Crippen molar-refractivity contribution in [3.05, 3.63) is 23.9 Å². The first kappa shape index (κ1) is 19.8. The average Bonchev–Trinajstić information content (AvgIpc) is 2.90. The number of piperidine rings is 1. The summed E-state index contributed by atoms with van der Waals surface area (Å²) in [6.07, 6.45) is -0.500. The first-order valence-corrected chi connectivity index (χ1v) is 9.95. The van der Waals surface area contributed by atoms with Gasteiger partial charge in [-0.3, -0.25) is 4.90 Å². The van der Waals surface area contributed by atoms with Crippen LogP contribution in [0.3, 0.4) is 0 Å². The fraction of sp³-hybridized carbons (Fsp3) is 0.611. The van der Waals surface area contributed by atoms with E-state index in [1.165, 1.54) is 4.52 Å². The van der Waals surface area contributed by atoms with Gasteiger partial charge in [0.2, 0.25) is 0 Å². The van der Waals surface area contributed by atoms with Gasteiger partial charge in [0.15, 0.2) is 0 Å². The van der Waals surface area contributed by atoms with E-state index in [0.29, 0.717) is 43.2 Å². The van der Waals surface area contributed by atoms with Crippen molar-refractivity contribution < 1.29 is 22.3 Å². The molecule has 2 unspecified atom stereocenters. The Morgan fingerprint density at radius 3 is 2.68 bits per heavy atom. The summed E-state index contributed by atoms with van der Waals surface area (Å²) in [7, 11) is 0. The van der Waals surface area contributed by atoms with E-state index in [9.17, 15) is 17.6 Å². The van der Waals surface area contributed by atoms with Gasteiger partial charge in [0.05, 0.1) is 40.9 Å². The smallest absolute Gasteiger partial charge is 0.377 e. The summed E-state index contributed by atoms with van der Waals surface area (Å²) in [4.78, 5) is 2.19. The van der Waals surface area contributed by atoms with Crippen molar-refractivity contribution in [2.24, 2.45) is 0 Å². The SMILES string of the molecule is Cc1nn2c(NC3CCN(C4(C)COC4)CC3F)cccc2c1SC(F)(F)F. The van der Waals surface area contributed by atoms with Gasteiger partial charge in [-0.1, -0.05) is 6.07 Å². The maximum Gasteiger partial charge on any atom is 0.446 e. The molecule has 2 aromatic heterocycles. The summed E-state index contributed by atoms with van der Waals surface area (Å²) >= 11 is -0.173. The van der Waals surface area contributed by atoms with Gasteiger partial charge in [-0.05, 0) is 44.2 Å². The number of anilines is 1. The van der Waals surface area contributed by atoms with E-state index in [2.05, 4.69) is 22.2 Å². The molecule has 0 bridgehead atoms. The summed E-state index contributed by atoms with van der Waals surface area (Å²) < 4.78 is 60.2. The topological polar surface area (TPSA) is 41.8 Å². The van der Waals surface area contributed by atoms with Crippen molar-refractivity contribution in [1.29, 1.82) is 0 Å². The first-order valence-electron chi connectivity index (χ1n) is 9.14. The molecule has 4 rings (SSSR count). The van der Waals surface area contributed by atoms with Crippen molar-refractivity contribution >= 4 is 23.1 Å². The van der Waals surface area contributed by atoms with Gasteiger partial charge in [-0.2, -0.15) is 18.3 Å². The molecule has 0 aromatic carbocycles. The summed E-state index contributed by atoms with van der Waals surface area (Å²) in [5.41, 5.74) is -3.84. The van der Waals surface area contributed by atoms with Crippen LogP contribution in [0.15, 0.2) is 23.1 Å². The Kier molecular flexibility index (Phi) is 4.99. The van der Waals surface area contributed by atoms with E-state index in [-0.39, 0.29) is 22.2 Å². The number of likely N-dealkylation sites (tertiary alicyclic amines) is 1. The van der Waals surface area contributed by atoms with Gasteiger partial charge in [-0.15, -0.1) is 0 Å². The van der Waals surface area contributed by atoms with Crippen molar-refractivity contribution in [3.8, 4) is 0 Å². The molecule has 10 heteroatoms. The zero-order valence-electron chi connectivity index (χ0n) is 15.6. The Morgan fingerprint density at radius 2 is 2.07 bits per heavy atom. The van der Waals surface area contributed by atoms with Gasteiger partial charge in [0, 0.05) is 13.1 Å². The zero-order valence-corrected chi connectivity index (χ0v) is 16.4. The highest BCUT2D eigenvalue weighted by Crippen LogP contribution is 2.41. The summed E-state index contributed by atoms with van der Waals surface area (Å²) in [6, 6.07) is 4.54. The Bertz CT molecular complexity index is 867. The van der Waals surface area contributed by atoms with Crippen LogP contribution in [-0.2, 0) is 4.74 Å². The van der Waals surface area contributed by atoms with E-state index in [1.807, 2.05) is 0 Å². The van der Waals surface area contributed by atoms with Crippen LogP contribution in [0.5, 0.6) is 0 Å². The maximum absolute atomic E-state index is 14.9. The minimum Gasteiger partial charge on any atom is -0.377 e. The number of thioether (sulfide) groups is 1. The lowest BCUT2D eigenvalue weighted by Gasteiger charge is -2.50. The Hall–Kier alpha value is -1.52. The average molecular weight is 418 g/mol. The normalized spacial score (nSPS) is 25.6. The predicted octanol–water partition coefficient (Wildman–Crippen LogP) is 3.87. The van der Waals surface area contributed by atoms with Crippen LogP contribution in [0.25, 0.3) is 5.52 Å². The highest BCUT2D eigenvalue weighted by Gasteiger charge is 2.43. The maximum atomic E-state index is 14.9. The lowest BCUT2D eigenvalue weighted by molar-refractivity contribution is -0.142. The second kappa shape index (κ2) is 7.07. The second-order valence-electron chi connectivity index (χ2n) is 7.66. The van der Waals surface area contributed by atoms with Crippen molar-refractivity contribution in [2.45, 2.75) is 48.4 Å². The Balaban J connectivity index is 1.53. The summed E-state index contributed by atoms with van der Waals surface area (Å²) in [5.74, 6) is 0.494. The molecule has 154 valence electrons. The number of hydrogen-bond acceptors (Lipinski definition) is 5. The third-order valence-corrected chi connectivity index (χ3v) is 6.40. The molecule has 2 aromatic rings. The predicted molar refractivity (Wildman–Crippen MR) is 99.6 cm³/mol. The lowest BCUT2D eigenvalue weighted by Crippen LogP contribution is -2.64. The van der Waals surface area contributed by atoms with Crippen LogP contribution in [-0.4, -0.2) is 64.1 Å².